The summed E-state index contributed by atoms with van der Waals surface area (Å²) in [6.45, 7) is 10.2. The second kappa shape index (κ2) is 8.78. The molecular weight excluding hydrogens is 374 g/mol. The van der Waals surface area contributed by atoms with Gasteiger partial charge in [-0.05, 0) is 37.1 Å². The fraction of sp³-hybridized carbons (Fsp3) is 0.480. The fourth-order valence-electron chi connectivity index (χ4n) is 5.03. The van der Waals surface area contributed by atoms with Crippen LogP contribution in [0.15, 0.2) is 54.6 Å². The van der Waals surface area contributed by atoms with Gasteiger partial charge in [0, 0.05) is 50.8 Å². The van der Waals surface area contributed by atoms with E-state index in [2.05, 4.69) is 40.7 Å². The van der Waals surface area contributed by atoms with Crippen molar-refractivity contribution in [3.63, 3.8) is 0 Å². The van der Waals surface area contributed by atoms with Gasteiger partial charge in [-0.1, -0.05) is 42.5 Å². The van der Waals surface area contributed by atoms with E-state index in [1.807, 2.05) is 42.5 Å². The molecule has 0 radical (unpaired) electrons. The van der Waals surface area contributed by atoms with Crippen molar-refractivity contribution >= 4 is 5.91 Å². The molecule has 5 nitrogen and oxygen atoms in total. The van der Waals surface area contributed by atoms with Crippen molar-refractivity contribution in [2.24, 2.45) is 0 Å². The summed E-state index contributed by atoms with van der Waals surface area (Å²) in [4.78, 5) is 20.1. The summed E-state index contributed by atoms with van der Waals surface area (Å²) in [7, 11) is 1.70. The monoisotopic (exact) mass is 407 g/mol. The number of nitrogens with zero attached hydrogens (tertiary/aromatic N) is 3. The summed E-state index contributed by atoms with van der Waals surface area (Å²) in [5.74, 6) is 1.13. The zero-order chi connectivity index (χ0) is 21.1. The number of methoxy groups -OCH3 is 1. The van der Waals surface area contributed by atoms with Crippen LogP contribution < -0.4 is 4.74 Å². The molecule has 2 fully saturated rings. The number of carbonyl (C=O) groups excluding carboxylic acids is 1. The maximum Gasteiger partial charge on any atom is 0.227 e. The summed E-state index contributed by atoms with van der Waals surface area (Å²) in [6, 6.07) is 18.8. The summed E-state index contributed by atoms with van der Waals surface area (Å²) < 4.78 is 5.28. The molecule has 2 aromatic rings. The lowest BCUT2D eigenvalue weighted by Gasteiger charge is -2.55. The van der Waals surface area contributed by atoms with Gasteiger partial charge in [-0.15, -0.1) is 0 Å². The first-order valence-corrected chi connectivity index (χ1v) is 10.9. The van der Waals surface area contributed by atoms with Crippen molar-refractivity contribution in [2.45, 2.75) is 38.4 Å². The third kappa shape index (κ3) is 4.68. The number of hydrogen-bond donors (Lipinski definition) is 0. The molecule has 30 heavy (non-hydrogen) atoms. The van der Waals surface area contributed by atoms with E-state index in [0.717, 1.165) is 50.6 Å². The van der Waals surface area contributed by atoms with Crippen LogP contribution in [-0.4, -0.2) is 72.0 Å². The molecule has 2 saturated heterocycles. The number of rotatable bonds is 5. The van der Waals surface area contributed by atoms with Gasteiger partial charge in [-0.25, -0.2) is 0 Å². The molecule has 2 aromatic carbocycles. The highest BCUT2D eigenvalue weighted by atomic mass is 16.5. The Hall–Kier alpha value is -2.37. The molecule has 0 N–H and O–H groups in total. The van der Waals surface area contributed by atoms with Crippen molar-refractivity contribution in [3.05, 3.63) is 65.7 Å². The number of carbonyl (C=O) groups is 1. The average Bonchev–Trinajstić information content (AvgIpc) is 2.74. The van der Waals surface area contributed by atoms with E-state index in [4.69, 9.17) is 4.74 Å². The molecule has 1 atom stereocenters. The number of fused-ring (bicyclic) bond motifs is 1. The quantitative estimate of drug-likeness (QED) is 0.763. The van der Waals surface area contributed by atoms with Gasteiger partial charge < -0.3 is 9.64 Å². The second-order valence-electron chi connectivity index (χ2n) is 9.18. The van der Waals surface area contributed by atoms with E-state index < -0.39 is 0 Å². The maximum absolute atomic E-state index is 12.9. The topological polar surface area (TPSA) is 36.0 Å². The lowest BCUT2D eigenvalue weighted by Crippen LogP contribution is -2.70. The van der Waals surface area contributed by atoms with Crippen molar-refractivity contribution in [2.75, 3.05) is 39.8 Å². The van der Waals surface area contributed by atoms with Crippen LogP contribution in [0.1, 0.15) is 25.0 Å². The summed E-state index contributed by atoms with van der Waals surface area (Å²) in [5, 5.41) is 0. The van der Waals surface area contributed by atoms with Gasteiger partial charge in [-0.2, -0.15) is 0 Å². The minimum absolute atomic E-state index is 0.101. The molecule has 2 aliphatic rings. The Balaban J connectivity index is 1.41. The Morgan fingerprint density at radius 3 is 2.43 bits per heavy atom. The molecule has 1 unspecified atom stereocenters. The molecule has 2 heterocycles. The minimum atomic E-state index is 0.101. The Labute approximate surface area is 180 Å². The molecular formula is C25H33N3O2. The number of hydrogen-bond acceptors (Lipinski definition) is 4. The van der Waals surface area contributed by atoms with Crippen molar-refractivity contribution < 1.29 is 9.53 Å². The second-order valence-corrected chi connectivity index (χ2v) is 9.18. The highest BCUT2D eigenvalue weighted by Crippen LogP contribution is 2.29. The lowest BCUT2D eigenvalue weighted by molar-refractivity contribution is -0.138. The predicted molar refractivity (Wildman–Crippen MR) is 120 cm³/mol. The third-order valence-corrected chi connectivity index (χ3v) is 6.46. The van der Waals surface area contributed by atoms with Gasteiger partial charge in [0.1, 0.15) is 5.75 Å². The van der Waals surface area contributed by atoms with Crippen LogP contribution in [0.3, 0.4) is 0 Å². The Kier molecular flexibility index (Phi) is 6.11. The first-order chi connectivity index (χ1) is 14.4. The Morgan fingerprint density at radius 1 is 1.00 bits per heavy atom. The Morgan fingerprint density at radius 2 is 1.73 bits per heavy atom. The van der Waals surface area contributed by atoms with Crippen molar-refractivity contribution in [3.8, 4) is 5.75 Å². The smallest absolute Gasteiger partial charge is 0.227 e. The van der Waals surface area contributed by atoms with E-state index in [-0.39, 0.29) is 11.4 Å². The molecule has 160 valence electrons. The molecule has 4 rings (SSSR count). The van der Waals surface area contributed by atoms with Crippen LogP contribution in [0, 0.1) is 0 Å². The van der Waals surface area contributed by atoms with Crippen LogP contribution in [0.4, 0.5) is 0 Å². The predicted octanol–water partition coefficient (Wildman–Crippen LogP) is 3.04. The molecule has 0 aliphatic carbocycles. The SMILES string of the molecule is COc1ccc(CN2CC3CN(C(=O)Cc4ccccc4)CCN3C(C)(C)C2)cc1. The van der Waals surface area contributed by atoms with Gasteiger partial charge in [0.05, 0.1) is 13.5 Å². The molecule has 5 heteroatoms. The number of piperazine rings is 2. The summed E-state index contributed by atoms with van der Waals surface area (Å²) in [6.07, 6.45) is 0.493. The first kappa shape index (κ1) is 20.9. The molecule has 0 bridgehead atoms. The Bertz CT molecular complexity index is 850. The third-order valence-electron chi connectivity index (χ3n) is 6.46. The van der Waals surface area contributed by atoms with E-state index in [0.29, 0.717) is 12.5 Å². The zero-order valence-electron chi connectivity index (χ0n) is 18.4. The van der Waals surface area contributed by atoms with Crippen molar-refractivity contribution in [1.82, 2.24) is 14.7 Å². The summed E-state index contributed by atoms with van der Waals surface area (Å²) >= 11 is 0. The number of ether oxygens (including phenoxy) is 1. The maximum atomic E-state index is 12.9. The van der Waals surface area contributed by atoms with E-state index in [1.54, 1.807) is 7.11 Å². The molecule has 0 saturated carbocycles. The molecule has 2 aliphatic heterocycles. The van der Waals surface area contributed by atoms with Crippen LogP contribution >= 0.6 is 0 Å². The van der Waals surface area contributed by atoms with Gasteiger partial charge in [-0.3, -0.25) is 14.6 Å². The largest absolute Gasteiger partial charge is 0.497 e. The first-order valence-electron chi connectivity index (χ1n) is 10.9. The van der Waals surface area contributed by atoms with Crippen LogP contribution in [-0.2, 0) is 17.8 Å². The highest BCUT2D eigenvalue weighted by molar-refractivity contribution is 5.79. The lowest BCUT2D eigenvalue weighted by atomic mass is 9.92. The standard InChI is InChI=1S/C25H33N3O2/c1-25(2)19-26(16-21-9-11-23(30-3)12-10-21)17-22-18-27(13-14-28(22)25)24(29)15-20-7-5-4-6-8-20/h4-12,22H,13-19H2,1-3H3. The van der Waals surface area contributed by atoms with Gasteiger partial charge in [0.2, 0.25) is 5.91 Å². The molecule has 1 amide bonds. The summed E-state index contributed by atoms with van der Waals surface area (Å²) in [5.41, 5.74) is 2.49. The van der Waals surface area contributed by atoms with Gasteiger partial charge in [0.25, 0.3) is 0 Å². The molecule has 0 spiro atoms. The zero-order valence-corrected chi connectivity index (χ0v) is 18.4. The van der Waals surface area contributed by atoms with Crippen LogP contribution in [0.2, 0.25) is 0 Å². The fourth-order valence-corrected chi connectivity index (χ4v) is 5.03. The number of amides is 1. The van der Waals surface area contributed by atoms with Crippen LogP contribution in [0.25, 0.3) is 0 Å². The van der Waals surface area contributed by atoms with Crippen LogP contribution in [0.5, 0.6) is 5.75 Å². The van der Waals surface area contributed by atoms with Crippen molar-refractivity contribution in [1.29, 1.82) is 0 Å². The molecule has 0 aromatic heterocycles. The number of benzene rings is 2. The van der Waals surface area contributed by atoms with E-state index in [9.17, 15) is 4.79 Å². The minimum Gasteiger partial charge on any atom is -0.497 e. The highest BCUT2D eigenvalue weighted by Gasteiger charge is 2.43. The van der Waals surface area contributed by atoms with Gasteiger partial charge >= 0.3 is 0 Å². The van der Waals surface area contributed by atoms with E-state index >= 15 is 0 Å². The van der Waals surface area contributed by atoms with E-state index in [1.165, 1.54) is 5.56 Å². The van der Waals surface area contributed by atoms with Gasteiger partial charge in [0.15, 0.2) is 0 Å². The normalized spacial score (nSPS) is 21.8. The average molecular weight is 408 g/mol.